The van der Waals surface area contributed by atoms with E-state index in [1.54, 1.807) is 0 Å². The van der Waals surface area contributed by atoms with Gasteiger partial charge in [-0.05, 0) is 53.6 Å². The molecule has 0 radical (unpaired) electrons. The fourth-order valence-corrected chi connectivity index (χ4v) is 4.82. The summed E-state index contributed by atoms with van der Waals surface area (Å²) in [6.45, 7) is 7.47. The molecule has 2 aromatic carbocycles. The van der Waals surface area contributed by atoms with Crippen LogP contribution in [0.4, 0.5) is 5.69 Å². The van der Waals surface area contributed by atoms with Gasteiger partial charge in [-0.1, -0.05) is 38.1 Å². The maximum absolute atomic E-state index is 13.2. The second-order valence-electron chi connectivity index (χ2n) is 9.67. The van der Waals surface area contributed by atoms with Crippen LogP contribution in [0.2, 0.25) is 0 Å². The Labute approximate surface area is 206 Å². The molecule has 1 aromatic heterocycles. The van der Waals surface area contributed by atoms with Gasteiger partial charge in [0.05, 0.1) is 25.7 Å². The van der Waals surface area contributed by atoms with Crippen LogP contribution in [-0.4, -0.2) is 48.3 Å². The number of carboxylic acids is 1. The number of hydrogen-bond donors (Lipinski definition) is 3. The number of nitrogens with one attached hydrogen (secondary N) is 2. The Morgan fingerprint density at radius 2 is 1.91 bits per heavy atom. The van der Waals surface area contributed by atoms with E-state index in [-0.39, 0.29) is 24.8 Å². The number of H-pyrrole nitrogens is 1. The Morgan fingerprint density at radius 1 is 1.14 bits per heavy atom. The van der Waals surface area contributed by atoms with Crippen molar-refractivity contribution >= 4 is 28.5 Å². The lowest BCUT2D eigenvalue weighted by atomic mass is 9.94. The number of aliphatic carboxylic acids is 1. The predicted molar refractivity (Wildman–Crippen MR) is 138 cm³/mol. The summed E-state index contributed by atoms with van der Waals surface area (Å²) in [5.41, 5.74) is 5.14. The van der Waals surface area contributed by atoms with Gasteiger partial charge in [-0.2, -0.15) is 0 Å². The highest BCUT2D eigenvalue weighted by atomic mass is 16.5. The van der Waals surface area contributed by atoms with Crippen molar-refractivity contribution in [3.8, 4) is 0 Å². The number of carbonyl (C=O) groups excluding carboxylic acids is 1. The van der Waals surface area contributed by atoms with Gasteiger partial charge in [-0.25, -0.2) is 0 Å². The first kappa shape index (κ1) is 24.8. The topological polar surface area (TPSA) is 94.7 Å². The molecule has 0 bridgehead atoms. The molecule has 3 aromatic rings. The molecule has 1 fully saturated rings. The van der Waals surface area contributed by atoms with Gasteiger partial charge in [-0.3, -0.25) is 9.59 Å². The highest BCUT2D eigenvalue weighted by Gasteiger charge is 2.23. The van der Waals surface area contributed by atoms with Gasteiger partial charge in [-0.15, -0.1) is 0 Å². The number of nitrogens with zero attached hydrogens (tertiary/aromatic N) is 1. The van der Waals surface area contributed by atoms with Gasteiger partial charge in [0, 0.05) is 42.3 Å². The average Bonchev–Trinajstić information content (AvgIpc) is 3.25. The number of amides is 1. The second kappa shape index (κ2) is 11.4. The van der Waals surface area contributed by atoms with E-state index in [1.165, 1.54) is 5.69 Å². The lowest BCUT2D eigenvalue weighted by Gasteiger charge is -2.33. The molecule has 1 aliphatic rings. The molecular formula is C28H35N3O4. The van der Waals surface area contributed by atoms with E-state index in [0.717, 1.165) is 47.1 Å². The van der Waals surface area contributed by atoms with Crippen molar-refractivity contribution in [1.29, 1.82) is 0 Å². The summed E-state index contributed by atoms with van der Waals surface area (Å²) in [5, 5.41) is 13.3. The molecule has 3 N–H and O–H groups in total. The van der Waals surface area contributed by atoms with E-state index < -0.39 is 5.97 Å². The molecule has 186 valence electrons. The normalized spacial score (nSPS) is 14.9. The number of benzene rings is 2. The number of morpholine rings is 1. The molecular weight excluding hydrogens is 442 g/mol. The number of hydrogen-bond acceptors (Lipinski definition) is 4. The Bertz CT molecular complexity index is 1160. The fourth-order valence-electron chi connectivity index (χ4n) is 4.82. The molecule has 35 heavy (non-hydrogen) atoms. The van der Waals surface area contributed by atoms with E-state index in [0.29, 0.717) is 25.6 Å². The summed E-state index contributed by atoms with van der Waals surface area (Å²) in [4.78, 5) is 29.7. The summed E-state index contributed by atoms with van der Waals surface area (Å²) < 4.78 is 5.53. The SMILES string of the molecule is CC(C)CC(NC(=O)Cc1ccc2[nH]cc(CCC(=O)O)c2c1)c1ccccc1N1CCOCC1. The summed E-state index contributed by atoms with van der Waals surface area (Å²) >= 11 is 0. The number of aromatic nitrogens is 1. The second-order valence-corrected chi connectivity index (χ2v) is 9.67. The standard InChI is InChI=1S/C28H35N3O4/c1-19(2)15-25(22-5-3-4-6-26(22)31-11-13-35-14-12-31)30-27(32)17-20-7-9-24-23(16-20)21(18-29-24)8-10-28(33)34/h3-7,9,16,18-19,25,29H,8,10-15,17H2,1-2H3,(H,30,32)(H,33,34). The van der Waals surface area contributed by atoms with Crippen LogP contribution in [0.1, 0.15) is 49.4 Å². The Hall–Kier alpha value is -3.32. The first-order valence-electron chi connectivity index (χ1n) is 12.4. The van der Waals surface area contributed by atoms with Crippen molar-refractivity contribution in [2.45, 2.75) is 45.6 Å². The zero-order chi connectivity index (χ0) is 24.8. The summed E-state index contributed by atoms with van der Waals surface area (Å²) in [6, 6.07) is 14.2. The number of rotatable bonds is 10. The van der Waals surface area contributed by atoms with E-state index in [2.05, 4.69) is 47.2 Å². The first-order chi connectivity index (χ1) is 16.9. The van der Waals surface area contributed by atoms with Crippen molar-refractivity contribution in [3.63, 3.8) is 0 Å². The number of aromatic amines is 1. The van der Waals surface area contributed by atoms with Gasteiger partial charge in [0.2, 0.25) is 5.91 Å². The fraction of sp³-hybridized carbons (Fsp3) is 0.429. The molecule has 1 unspecified atom stereocenters. The van der Waals surface area contributed by atoms with Gasteiger partial charge >= 0.3 is 5.97 Å². The molecule has 2 heterocycles. The minimum absolute atomic E-state index is 0.0191. The number of carboxylic acid groups (broad SMARTS) is 1. The molecule has 0 aliphatic carbocycles. The minimum Gasteiger partial charge on any atom is -0.481 e. The van der Waals surface area contributed by atoms with Crippen LogP contribution >= 0.6 is 0 Å². The van der Waals surface area contributed by atoms with Crippen LogP contribution in [-0.2, 0) is 27.2 Å². The third-order valence-electron chi connectivity index (χ3n) is 6.51. The lowest BCUT2D eigenvalue weighted by molar-refractivity contribution is -0.137. The van der Waals surface area contributed by atoms with Gasteiger partial charge < -0.3 is 25.0 Å². The van der Waals surface area contributed by atoms with Gasteiger partial charge in [0.15, 0.2) is 0 Å². The minimum atomic E-state index is -0.816. The van der Waals surface area contributed by atoms with Crippen LogP contribution in [0.15, 0.2) is 48.7 Å². The molecule has 7 heteroatoms. The molecule has 1 atom stereocenters. The first-order valence-corrected chi connectivity index (χ1v) is 12.4. The molecule has 1 saturated heterocycles. The quantitative estimate of drug-likeness (QED) is 0.401. The van der Waals surface area contributed by atoms with Crippen molar-refractivity contribution in [3.05, 3.63) is 65.4 Å². The van der Waals surface area contributed by atoms with Crippen molar-refractivity contribution in [1.82, 2.24) is 10.3 Å². The number of ether oxygens (including phenoxy) is 1. The number of fused-ring (bicyclic) bond motifs is 1. The molecule has 1 aliphatic heterocycles. The molecule has 4 rings (SSSR count). The molecule has 0 saturated carbocycles. The highest BCUT2D eigenvalue weighted by Crippen LogP contribution is 2.31. The summed E-state index contributed by atoms with van der Waals surface area (Å²) in [7, 11) is 0. The monoisotopic (exact) mass is 477 g/mol. The van der Waals surface area contributed by atoms with Gasteiger partial charge in [0.1, 0.15) is 0 Å². The van der Waals surface area contributed by atoms with Crippen molar-refractivity contribution < 1.29 is 19.4 Å². The molecule has 1 amide bonds. The number of carbonyl (C=O) groups is 2. The number of aryl methyl sites for hydroxylation is 1. The van der Waals surface area contributed by atoms with Crippen LogP contribution < -0.4 is 10.2 Å². The summed E-state index contributed by atoms with van der Waals surface area (Å²) in [6.07, 6.45) is 3.52. The van der Waals surface area contributed by atoms with Crippen LogP contribution in [0, 0.1) is 5.92 Å². The lowest BCUT2D eigenvalue weighted by Crippen LogP contribution is -2.38. The molecule has 7 nitrogen and oxygen atoms in total. The summed E-state index contributed by atoms with van der Waals surface area (Å²) in [5.74, 6) is -0.413. The van der Waals surface area contributed by atoms with E-state index in [1.807, 2.05) is 30.5 Å². The smallest absolute Gasteiger partial charge is 0.303 e. The predicted octanol–water partition coefficient (Wildman–Crippen LogP) is 4.47. The van der Waals surface area contributed by atoms with Crippen molar-refractivity contribution in [2.75, 3.05) is 31.2 Å². The molecule has 0 spiro atoms. The zero-order valence-corrected chi connectivity index (χ0v) is 20.5. The highest BCUT2D eigenvalue weighted by molar-refractivity contribution is 5.86. The zero-order valence-electron chi connectivity index (χ0n) is 20.5. The van der Waals surface area contributed by atoms with E-state index in [9.17, 15) is 9.59 Å². The van der Waals surface area contributed by atoms with Crippen LogP contribution in [0.3, 0.4) is 0 Å². The largest absolute Gasteiger partial charge is 0.481 e. The van der Waals surface area contributed by atoms with E-state index in [4.69, 9.17) is 9.84 Å². The number of para-hydroxylation sites is 1. The number of anilines is 1. The van der Waals surface area contributed by atoms with Crippen LogP contribution in [0.5, 0.6) is 0 Å². The Morgan fingerprint density at radius 3 is 2.66 bits per heavy atom. The van der Waals surface area contributed by atoms with Crippen LogP contribution in [0.25, 0.3) is 10.9 Å². The maximum atomic E-state index is 13.2. The van der Waals surface area contributed by atoms with E-state index >= 15 is 0 Å². The average molecular weight is 478 g/mol. The third-order valence-corrected chi connectivity index (χ3v) is 6.51. The maximum Gasteiger partial charge on any atom is 0.303 e. The Balaban J connectivity index is 1.51. The Kier molecular flexibility index (Phi) is 8.08. The van der Waals surface area contributed by atoms with Crippen molar-refractivity contribution in [2.24, 2.45) is 5.92 Å². The van der Waals surface area contributed by atoms with Gasteiger partial charge in [0.25, 0.3) is 0 Å². The third kappa shape index (κ3) is 6.42.